The Balaban J connectivity index is 2.31. The van der Waals surface area contributed by atoms with E-state index in [0.29, 0.717) is 6.54 Å². The number of thioether (sulfide) groups is 1. The lowest BCUT2D eigenvalue weighted by Gasteiger charge is -2.15. The summed E-state index contributed by atoms with van der Waals surface area (Å²) >= 11 is 1.74. The third-order valence-electron chi connectivity index (χ3n) is 2.65. The number of rotatable bonds is 7. The van der Waals surface area contributed by atoms with Crippen molar-refractivity contribution in [2.45, 2.75) is 17.7 Å². The highest BCUT2D eigenvalue weighted by Gasteiger charge is 2.02. The second kappa shape index (κ2) is 7.35. The standard InChI is InChI=1S/C13H19NO2S/c1-14(10-8-13(15)16)9-7-11-3-5-12(17-2)6-4-11/h3-6H,7-10H2,1-2H3,(H,15,16). The van der Waals surface area contributed by atoms with Crippen molar-refractivity contribution in [2.24, 2.45) is 0 Å². The SMILES string of the molecule is CSc1ccc(CCN(C)CCC(=O)O)cc1. The third kappa shape index (κ3) is 5.75. The Morgan fingerprint density at radius 1 is 1.29 bits per heavy atom. The second-order valence-electron chi connectivity index (χ2n) is 4.05. The molecular formula is C13H19NO2S. The fourth-order valence-corrected chi connectivity index (χ4v) is 1.92. The molecule has 1 aromatic carbocycles. The molecule has 0 atom stereocenters. The monoisotopic (exact) mass is 253 g/mol. The predicted molar refractivity (Wildman–Crippen MR) is 71.7 cm³/mol. The van der Waals surface area contributed by atoms with E-state index in [0.717, 1.165) is 13.0 Å². The van der Waals surface area contributed by atoms with Gasteiger partial charge in [0.1, 0.15) is 0 Å². The van der Waals surface area contributed by atoms with E-state index in [9.17, 15) is 4.79 Å². The van der Waals surface area contributed by atoms with Gasteiger partial charge >= 0.3 is 5.97 Å². The molecule has 0 heterocycles. The Morgan fingerprint density at radius 2 is 1.94 bits per heavy atom. The first-order valence-electron chi connectivity index (χ1n) is 5.65. The molecule has 0 unspecified atom stereocenters. The van der Waals surface area contributed by atoms with Crippen LogP contribution in [0.3, 0.4) is 0 Å². The van der Waals surface area contributed by atoms with Gasteiger partial charge in [0, 0.05) is 18.0 Å². The number of benzene rings is 1. The summed E-state index contributed by atoms with van der Waals surface area (Å²) in [7, 11) is 1.96. The molecule has 94 valence electrons. The van der Waals surface area contributed by atoms with Crippen LogP contribution < -0.4 is 0 Å². The van der Waals surface area contributed by atoms with Crippen molar-refractivity contribution in [1.29, 1.82) is 0 Å². The summed E-state index contributed by atoms with van der Waals surface area (Å²) in [5, 5.41) is 8.58. The number of carboxylic acids is 1. The van der Waals surface area contributed by atoms with Crippen LogP contribution in [-0.4, -0.2) is 42.4 Å². The van der Waals surface area contributed by atoms with Crippen LogP contribution in [0.5, 0.6) is 0 Å². The summed E-state index contributed by atoms with van der Waals surface area (Å²) in [5.74, 6) is -0.735. The molecule has 0 amide bonds. The van der Waals surface area contributed by atoms with Gasteiger partial charge < -0.3 is 10.0 Å². The van der Waals surface area contributed by atoms with Gasteiger partial charge in [-0.15, -0.1) is 11.8 Å². The topological polar surface area (TPSA) is 40.5 Å². The van der Waals surface area contributed by atoms with Crippen molar-refractivity contribution in [3.05, 3.63) is 29.8 Å². The Kier molecular flexibility index (Phi) is 6.08. The van der Waals surface area contributed by atoms with Crippen molar-refractivity contribution in [2.75, 3.05) is 26.4 Å². The van der Waals surface area contributed by atoms with Gasteiger partial charge in [-0.25, -0.2) is 0 Å². The van der Waals surface area contributed by atoms with Crippen molar-refractivity contribution in [1.82, 2.24) is 4.90 Å². The van der Waals surface area contributed by atoms with Crippen LogP contribution in [0.1, 0.15) is 12.0 Å². The van der Waals surface area contributed by atoms with Crippen LogP contribution in [0.4, 0.5) is 0 Å². The summed E-state index contributed by atoms with van der Waals surface area (Å²) in [6, 6.07) is 8.52. The smallest absolute Gasteiger partial charge is 0.304 e. The van der Waals surface area contributed by atoms with Gasteiger partial charge in [0.05, 0.1) is 6.42 Å². The highest BCUT2D eigenvalue weighted by molar-refractivity contribution is 7.98. The Hall–Kier alpha value is -1.00. The molecule has 0 aliphatic carbocycles. The van der Waals surface area contributed by atoms with Crippen molar-refractivity contribution >= 4 is 17.7 Å². The van der Waals surface area contributed by atoms with Gasteiger partial charge in [-0.3, -0.25) is 4.79 Å². The summed E-state index contributed by atoms with van der Waals surface area (Å²) in [6.45, 7) is 1.50. The highest BCUT2D eigenvalue weighted by Crippen LogP contribution is 2.15. The minimum Gasteiger partial charge on any atom is -0.481 e. The minimum absolute atomic E-state index is 0.210. The summed E-state index contributed by atoms with van der Waals surface area (Å²) in [4.78, 5) is 13.7. The van der Waals surface area contributed by atoms with E-state index in [4.69, 9.17) is 5.11 Å². The number of carboxylic acid groups (broad SMARTS) is 1. The molecule has 0 fully saturated rings. The normalized spacial score (nSPS) is 10.8. The number of carbonyl (C=O) groups is 1. The Morgan fingerprint density at radius 3 is 2.47 bits per heavy atom. The molecule has 17 heavy (non-hydrogen) atoms. The fourth-order valence-electron chi connectivity index (χ4n) is 1.51. The molecular weight excluding hydrogens is 234 g/mol. The van der Waals surface area contributed by atoms with Gasteiger partial charge in [0.15, 0.2) is 0 Å². The minimum atomic E-state index is -0.735. The maximum Gasteiger partial charge on any atom is 0.304 e. The predicted octanol–water partition coefficient (Wildman–Crippen LogP) is 2.36. The molecule has 0 saturated carbocycles. The number of aliphatic carboxylic acids is 1. The number of hydrogen-bond donors (Lipinski definition) is 1. The van der Waals surface area contributed by atoms with Gasteiger partial charge in [-0.2, -0.15) is 0 Å². The average Bonchev–Trinajstić information content (AvgIpc) is 2.34. The van der Waals surface area contributed by atoms with E-state index >= 15 is 0 Å². The van der Waals surface area contributed by atoms with E-state index in [2.05, 4.69) is 35.4 Å². The third-order valence-corrected chi connectivity index (χ3v) is 3.39. The van der Waals surface area contributed by atoms with Crippen molar-refractivity contribution in [3.63, 3.8) is 0 Å². The van der Waals surface area contributed by atoms with Crippen LogP contribution >= 0.6 is 11.8 Å². The van der Waals surface area contributed by atoms with Crippen LogP contribution in [0.25, 0.3) is 0 Å². The maximum atomic E-state index is 10.4. The lowest BCUT2D eigenvalue weighted by atomic mass is 10.1. The van der Waals surface area contributed by atoms with E-state index in [-0.39, 0.29) is 6.42 Å². The molecule has 0 bridgehead atoms. The lowest BCUT2D eigenvalue weighted by Crippen LogP contribution is -2.24. The molecule has 0 radical (unpaired) electrons. The first-order chi connectivity index (χ1) is 8.11. The van der Waals surface area contributed by atoms with Crippen LogP contribution in [0.2, 0.25) is 0 Å². The fraction of sp³-hybridized carbons (Fsp3) is 0.462. The van der Waals surface area contributed by atoms with E-state index in [1.54, 1.807) is 11.8 Å². The first kappa shape index (κ1) is 14.1. The second-order valence-corrected chi connectivity index (χ2v) is 4.92. The molecule has 1 rings (SSSR count). The molecule has 0 aromatic heterocycles. The quantitative estimate of drug-likeness (QED) is 0.757. The lowest BCUT2D eigenvalue weighted by molar-refractivity contribution is -0.137. The van der Waals surface area contributed by atoms with Gasteiger partial charge in [-0.1, -0.05) is 12.1 Å². The summed E-state index contributed by atoms with van der Waals surface area (Å²) < 4.78 is 0. The maximum absolute atomic E-state index is 10.4. The first-order valence-corrected chi connectivity index (χ1v) is 6.87. The van der Waals surface area contributed by atoms with E-state index in [1.165, 1.54) is 10.5 Å². The number of nitrogens with zero attached hydrogens (tertiary/aromatic N) is 1. The van der Waals surface area contributed by atoms with Gasteiger partial charge in [0.2, 0.25) is 0 Å². The highest BCUT2D eigenvalue weighted by atomic mass is 32.2. The molecule has 3 nitrogen and oxygen atoms in total. The van der Waals surface area contributed by atoms with Crippen LogP contribution in [0.15, 0.2) is 29.2 Å². The molecule has 0 saturated heterocycles. The van der Waals surface area contributed by atoms with Gasteiger partial charge in [-0.05, 0) is 37.4 Å². The van der Waals surface area contributed by atoms with Crippen LogP contribution in [-0.2, 0) is 11.2 Å². The molecule has 1 N–H and O–H groups in total. The largest absolute Gasteiger partial charge is 0.481 e. The molecule has 4 heteroatoms. The summed E-state index contributed by atoms with van der Waals surface area (Å²) in [6.07, 6.45) is 3.24. The molecule has 0 aliphatic heterocycles. The Labute approximate surface area is 107 Å². The van der Waals surface area contributed by atoms with Crippen molar-refractivity contribution < 1.29 is 9.90 Å². The zero-order valence-electron chi connectivity index (χ0n) is 10.3. The summed E-state index contributed by atoms with van der Waals surface area (Å²) in [5.41, 5.74) is 1.30. The molecule has 1 aromatic rings. The Bertz CT molecular complexity index is 351. The van der Waals surface area contributed by atoms with Gasteiger partial charge in [0.25, 0.3) is 0 Å². The number of likely N-dealkylation sites (N-methyl/N-ethyl adjacent to an activating group) is 1. The molecule has 0 aliphatic rings. The van der Waals surface area contributed by atoms with Crippen LogP contribution in [0, 0.1) is 0 Å². The zero-order valence-corrected chi connectivity index (χ0v) is 11.2. The van der Waals surface area contributed by atoms with Crippen molar-refractivity contribution in [3.8, 4) is 0 Å². The average molecular weight is 253 g/mol. The van der Waals surface area contributed by atoms with E-state index < -0.39 is 5.97 Å². The van der Waals surface area contributed by atoms with E-state index in [1.807, 2.05) is 7.05 Å². The molecule has 0 spiro atoms. The number of hydrogen-bond acceptors (Lipinski definition) is 3. The zero-order chi connectivity index (χ0) is 12.7.